The molecule has 8 aromatic rings. The summed E-state index contributed by atoms with van der Waals surface area (Å²) in [5, 5.41) is 5.18. The molecule has 0 N–H and O–H groups in total. The lowest BCUT2D eigenvalue weighted by Gasteiger charge is -2.11. The molecule has 0 unspecified atom stereocenters. The molecule has 8 rings (SSSR count). The van der Waals surface area contributed by atoms with Crippen LogP contribution in [0.25, 0.3) is 66.1 Å². The van der Waals surface area contributed by atoms with Crippen LogP contribution < -0.4 is 0 Å². The van der Waals surface area contributed by atoms with Gasteiger partial charge in [0.2, 0.25) is 0 Å². The minimum absolute atomic E-state index is 1.18. The molecule has 184 valence electrons. The van der Waals surface area contributed by atoms with Crippen molar-refractivity contribution in [3.63, 3.8) is 0 Å². The quantitative estimate of drug-likeness (QED) is 0.229. The number of aromatic nitrogens is 2. The van der Waals surface area contributed by atoms with Gasteiger partial charge in [-0.3, -0.25) is 0 Å². The highest BCUT2D eigenvalue weighted by Crippen LogP contribution is 2.36. The molecule has 0 atom stereocenters. The van der Waals surface area contributed by atoms with Crippen LogP contribution >= 0.6 is 0 Å². The number of nitrogens with zero attached hydrogens (tertiary/aromatic N) is 2. The third-order valence-electron chi connectivity index (χ3n) is 8.05. The van der Waals surface area contributed by atoms with Gasteiger partial charge in [-0.1, -0.05) is 91.0 Å². The lowest BCUT2D eigenvalue weighted by atomic mass is 10.0. The molecule has 0 radical (unpaired) electrons. The fourth-order valence-corrected chi connectivity index (χ4v) is 6.29. The number of fused-ring (bicyclic) bond motifs is 6. The molecule has 0 spiro atoms. The second kappa shape index (κ2) is 8.47. The zero-order chi connectivity index (χ0) is 25.9. The van der Waals surface area contributed by atoms with Crippen molar-refractivity contribution in [2.24, 2.45) is 0 Å². The van der Waals surface area contributed by atoms with Crippen LogP contribution in [-0.4, -0.2) is 9.13 Å². The number of rotatable bonds is 3. The maximum Gasteiger partial charge on any atom is 0.0547 e. The largest absolute Gasteiger partial charge is 0.309 e. The van der Waals surface area contributed by atoms with Gasteiger partial charge >= 0.3 is 0 Å². The van der Waals surface area contributed by atoms with Gasteiger partial charge in [0.05, 0.1) is 22.1 Å². The Labute approximate surface area is 227 Å². The van der Waals surface area contributed by atoms with E-state index in [2.05, 4.69) is 156 Å². The minimum Gasteiger partial charge on any atom is -0.309 e. The zero-order valence-electron chi connectivity index (χ0n) is 21.7. The first-order chi connectivity index (χ1) is 19.3. The van der Waals surface area contributed by atoms with E-state index >= 15 is 0 Å². The van der Waals surface area contributed by atoms with E-state index in [9.17, 15) is 0 Å². The van der Waals surface area contributed by atoms with Gasteiger partial charge in [0.15, 0.2) is 0 Å². The average Bonchev–Trinajstić information content (AvgIpc) is 3.51. The Morgan fingerprint density at radius 2 is 0.949 bits per heavy atom. The molecule has 0 fully saturated rings. The summed E-state index contributed by atoms with van der Waals surface area (Å²) in [5.74, 6) is 0. The number of para-hydroxylation sites is 3. The molecule has 2 heteroatoms. The number of hydrogen-bond acceptors (Lipinski definition) is 0. The predicted octanol–water partition coefficient (Wildman–Crippen LogP) is 9.86. The Morgan fingerprint density at radius 1 is 0.385 bits per heavy atom. The molecule has 0 aliphatic heterocycles. The normalized spacial score (nSPS) is 11.7. The van der Waals surface area contributed by atoms with E-state index in [1.807, 2.05) is 0 Å². The molecule has 0 amide bonds. The molecule has 0 saturated carbocycles. The molecule has 0 aliphatic carbocycles. The first-order valence-electron chi connectivity index (χ1n) is 13.5. The van der Waals surface area contributed by atoms with Gasteiger partial charge in [0.1, 0.15) is 0 Å². The fraction of sp³-hybridized carbons (Fsp3) is 0.0270. The van der Waals surface area contributed by atoms with E-state index in [0.717, 1.165) is 0 Å². The van der Waals surface area contributed by atoms with Crippen molar-refractivity contribution in [3.05, 3.63) is 145 Å². The predicted molar refractivity (Wildman–Crippen MR) is 165 cm³/mol. The van der Waals surface area contributed by atoms with Crippen LogP contribution in [0.3, 0.4) is 0 Å². The number of aryl methyl sites for hydroxylation is 1. The Kier molecular flexibility index (Phi) is 4.77. The second-order valence-corrected chi connectivity index (χ2v) is 10.3. The maximum absolute atomic E-state index is 2.39. The molecule has 0 aliphatic rings. The smallest absolute Gasteiger partial charge is 0.0547 e. The van der Waals surface area contributed by atoms with Crippen molar-refractivity contribution < 1.29 is 0 Å². The second-order valence-electron chi connectivity index (χ2n) is 10.3. The molecule has 0 bridgehead atoms. The SMILES string of the molecule is Cc1cccc2c1c1ccccc1n2-c1ccc(-c2ccc3c4ccccc4n(-c4ccccc4)c3c2)cc1. The van der Waals surface area contributed by atoms with E-state index in [0.29, 0.717) is 0 Å². The molecule has 2 aromatic heterocycles. The van der Waals surface area contributed by atoms with Gasteiger partial charge in [0, 0.05) is 32.9 Å². The van der Waals surface area contributed by atoms with Crippen LogP contribution in [-0.2, 0) is 0 Å². The van der Waals surface area contributed by atoms with Gasteiger partial charge < -0.3 is 9.13 Å². The van der Waals surface area contributed by atoms with Gasteiger partial charge in [-0.15, -0.1) is 0 Å². The number of hydrogen-bond donors (Lipinski definition) is 0. The summed E-state index contributed by atoms with van der Waals surface area (Å²) < 4.78 is 4.76. The first kappa shape index (κ1) is 22.0. The standard InChI is InChI=1S/C37H26N2/c1-25-10-9-17-35-37(25)32-14-6-8-16-34(32)38(35)29-21-18-26(19-22-29)27-20-23-31-30-13-5-7-15-33(30)39(36(31)24-27)28-11-3-2-4-12-28/h2-24H,1H3. The molecule has 2 nitrogen and oxygen atoms in total. The Balaban J connectivity index is 1.29. The lowest BCUT2D eigenvalue weighted by molar-refractivity contribution is 1.18. The van der Waals surface area contributed by atoms with Crippen LogP contribution in [0.5, 0.6) is 0 Å². The van der Waals surface area contributed by atoms with E-state index in [1.54, 1.807) is 0 Å². The van der Waals surface area contributed by atoms with Gasteiger partial charge in [-0.25, -0.2) is 0 Å². The molecule has 39 heavy (non-hydrogen) atoms. The van der Waals surface area contributed by atoms with Gasteiger partial charge in [0.25, 0.3) is 0 Å². The average molecular weight is 499 g/mol. The highest BCUT2D eigenvalue weighted by atomic mass is 15.0. The molecular formula is C37H26N2. The molecular weight excluding hydrogens is 472 g/mol. The van der Waals surface area contributed by atoms with E-state index < -0.39 is 0 Å². The van der Waals surface area contributed by atoms with Crippen LogP contribution in [0, 0.1) is 6.92 Å². The maximum atomic E-state index is 2.39. The summed E-state index contributed by atoms with van der Waals surface area (Å²) in [6.07, 6.45) is 0. The molecule has 0 saturated heterocycles. The monoisotopic (exact) mass is 498 g/mol. The highest BCUT2D eigenvalue weighted by Gasteiger charge is 2.15. The third-order valence-corrected chi connectivity index (χ3v) is 8.05. The summed E-state index contributed by atoms with van der Waals surface area (Å²) in [6.45, 7) is 2.20. The van der Waals surface area contributed by atoms with Crippen molar-refractivity contribution in [1.29, 1.82) is 0 Å². The molecule has 2 heterocycles. The van der Waals surface area contributed by atoms with Crippen molar-refractivity contribution in [2.75, 3.05) is 0 Å². The van der Waals surface area contributed by atoms with E-state index in [-0.39, 0.29) is 0 Å². The Hall–Kier alpha value is -5.08. The zero-order valence-corrected chi connectivity index (χ0v) is 21.7. The summed E-state index contributed by atoms with van der Waals surface area (Å²) in [4.78, 5) is 0. The van der Waals surface area contributed by atoms with E-state index in [4.69, 9.17) is 0 Å². The van der Waals surface area contributed by atoms with E-state index in [1.165, 1.54) is 71.7 Å². The Morgan fingerprint density at radius 3 is 1.74 bits per heavy atom. The van der Waals surface area contributed by atoms with Crippen molar-refractivity contribution in [3.8, 4) is 22.5 Å². The van der Waals surface area contributed by atoms with Crippen molar-refractivity contribution >= 4 is 43.6 Å². The third kappa shape index (κ3) is 3.28. The van der Waals surface area contributed by atoms with Crippen molar-refractivity contribution in [2.45, 2.75) is 6.92 Å². The molecule has 6 aromatic carbocycles. The Bertz CT molecular complexity index is 2160. The van der Waals surface area contributed by atoms with Gasteiger partial charge in [-0.2, -0.15) is 0 Å². The summed E-state index contributed by atoms with van der Waals surface area (Å²) in [7, 11) is 0. The van der Waals surface area contributed by atoms with Crippen LogP contribution in [0.4, 0.5) is 0 Å². The topological polar surface area (TPSA) is 9.86 Å². The lowest BCUT2D eigenvalue weighted by Crippen LogP contribution is -1.94. The van der Waals surface area contributed by atoms with Gasteiger partial charge in [-0.05, 0) is 72.1 Å². The number of benzene rings is 6. The fourth-order valence-electron chi connectivity index (χ4n) is 6.29. The first-order valence-corrected chi connectivity index (χ1v) is 13.5. The summed E-state index contributed by atoms with van der Waals surface area (Å²) >= 11 is 0. The van der Waals surface area contributed by atoms with Crippen molar-refractivity contribution in [1.82, 2.24) is 9.13 Å². The van der Waals surface area contributed by atoms with Crippen LogP contribution in [0.1, 0.15) is 5.56 Å². The van der Waals surface area contributed by atoms with Crippen LogP contribution in [0.2, 0.25) is 0 Å². The minimum atomic E-state index is 1.18. The highest BCUT2D eigenvalue weighted by molar-refractivity contribution is 6.11. The summed E-state index contributed by atoms with van der Waals surface area (Å²) in [5.41, 5.74) is 11.0. The van der Waals surface area contributed by atoms with Crippen LogP contribution in [0.15, 0.2) is 140 Å². The summed E-state index contributed by atoms with van der Waals surface area (Å²) in [6, 6.07) is 50.5.